The second kappa shape index (κ2) is 1.61. The van der Waals surface area contributed by atoms with E-state index in [-0.39, 0.29) is 0 Å². The highest BCUT2D eigenvalue weighted by Gasteiger charge is 3.20. The Morgan fingerprint density at radius 2 is 0.952 bits per heavy atom. The van der Waals surface area contributed by atoms with E-state index in [0.717, 1.165) is 27.1 Å². The Hall–Kier alpha value is 0. The standard InChI is InChI=1S/C21H22/c1-17-16-14-10-4-6-2-8-12(20(14,17)18(6,8)10)13-9-3-7-5-11-15(16)21(13,17)19(7,9)11/h6-16H,2-5H2,1H3. The van der Waals surface area contributed by atoms with Crippen molar-refractivity contribution in [3.05, 3.63) is 0 Å². The fraction of sp³-hybridized carbons (Fsp3) is 1.00. The number of hydrogen-bond acceptors (Lipinski definition) is 0. The average Bonchev–Trinajstić information content (AvgIpc) is 2.44. The van der Waals surface area contributed by atoms with Crippen LogP contribution in [-0.4, -0.2) is 0 Å². The van der Waals surface area contributed by atoms with E-state index in [0.29, 0.717) is 0 Å². The van der Waals surface area contributed by atoms with Crippen molar-refractivity contribution < 1.29 is 0 Å². The summed E-state index contributed by atoms with van der Waals surface area (Å²) in [6, 6.07) is 0. The van der Waals surface area contributed by atoms with Gasteiger partial charge in [0.1, 0.15) is 0 Å². The first-order valence-corrected chi connectivity index (χ1v) is 10.3. The minimum Gasteiger partial charge on any atom is -0.0582 e. The van der Waals surface area contributed by atoms with Crippen LogP contribution in [0, 0.1) is 92.2 Å². The highest BCUT2D eigenvalue weighted by molar-refractivity contribution is 5.66. The molecule has 0 aliphatic heterocycles. The van der Waals surface area contributed by atoms with Gasteiger partial charge in [-0.25, -0.2) is 0 Å². The monoisotopic (exact) mass is 274 g/mol. The highest BCUT2D eigenvalue weighted by Crippen LogP contribution is 3.23. The maximum absolute atomic E-state index is 2.90. The van der Waals surface area contributed by atoms with Crippen LogP contribution < -0.4 is 0 Å². The Labute approximate surface area is 125 Å². The molecule has 4 spiro atoms. The van der Waals surface area contributed by atoms with Gasteiger partial charge in [0.25, 0.3) is 0 Å². The fourth-order valence-corrected chi connectivity index (χ4v) is 16.3. The second-order valence-corrected chi connectivity index (χ2v) is 12.2. The summed E-state index contributed by atoms with van der Waals surface area (Å²) in [4.78, 5) is 0. The summed E-state index contributed by atoms with van der Waals surface area (Å²) >= 11 is 0. The third-order valence-corrected chi connectivity index (χ3v) is 14.8. The molecule has 0 heteroatoms. The maximum atomic E-state index is 2.90. The van der Waals surface area contributed by atoms with Gasteiger partial charge in [0.15, 0.2) is 0 Å². The highest BCUT2D eigenvalue weighted by atomic mass is 15.2. The molecule has 0 saturated heterocycles. The smallest absolute Gasteiger partial charge is 0.0102 e. The van der Waals surface area contributed by atoms with Crippen LogP contribution in [0.2, 0.25) is 0 Å². The van der Waals surface area contributed by atoms with Crippen LogP contribution in [0.5, 0.6) is 0 Å². The summed E-state index contributed by atoms with van der Waals surface area (Å²) in [5.74, 6) is 14.2. The van der Waals surface area contributed by atoms with Crippen molar-refractivity contribution in [2.75, 3.05) is 0 Å². The van der Waals surface area contributed by atoms with Crippen molar-refractivity contribution in [1.29, 1.82) is 0 Å². The van der Waals surface area contributed by atoms with Crippen LogP contribution in [0.25, 0.3) is 0 Å². The average molecular weight is 274 g/mol. The minimum absolute atomic E-state index is 0.933. The summed E-state index contributed by atoms with van der Waals surface area (Å²) in [6.07, 6.45) is 6.82. The molecule has 0 amide bonds. The predicted octanol–water partition coefficient (Wildman–Crippen LogP) is 3.43. The van der Waals surface area contributed by atoms with Gasteiger partial charge in [-0.1, -0.05) is 6.92 Å². The molecule has 0 aromatic rings. The molecule has 0 aromatic heterocycles. The number of hydrogen-bond donors (Lipinski definition) is 0. The van der Waals surface area contributed by atoms with Crippen LogP contribution in [0.3, 0.4) is 0 Å². The topological polar surface area (TPSA) is 0 Å². The zero-order valence-corrected chi connectivity index (χ0v) is 12.7. The third kappa shape index (κ3) is 0.304. The molecule has 0 heterocycles. The maximum Gasteiger partial charge on any atom is -0.0102 e. The molecule has 14 unspecified atom stereocenters. The molecule has 11 saturated carbocycles. The van der Waals surface area contributed by atoms with Crippen molar-refractivity contribution in [2.24, 2.45) is 92.2 Å². The van der Waals surface area contributed by atoms with E-state index in [4.69, 9.17) is 0 Å². The van der Waals surface area contributed by atoms with E-state index in [1.54, 1.807) is 25.7 Å². The van der Waals surface area contributed by atoms with Crippen LogP contribution in [0.15, 0.2) is 0 Å². The molecular weight excluding hydrogens is 252 g/mol. The first-order chi connectivity index (χ1) is 10.3. The summed E-state index contributed by atoms with van der Waals surface area (Å²) in [7, 11) is 0. The van der Waals surface area contributed by atoms with E-state index >= 15 is 0 Å². The van der Waals surface area contributed by atoms with Crippen molar-refractivity contribution in [2.45, 2.75) is 32.6 Å². The number of rotatable bonds is 0. The Bertz CT molecular complexity index is 749. The summed E-state index contributed by atoms with van der Waals surface area (Å²) in [5.41, 5.74) is 5.03. The Morgan fingerprint density at radius 1 is 0.571 bits per heavy atom. The molecule has 0 radical (unpaired) electrons. The van der Waals surface area contributed by atoms with Gasteiger partial charge in [-0.15, -0.1) is 0 Å². The molecule has 21 heavy (non-hydrogen) atoms. The van der Waals surface area contributed by atoms with Gasteiger partial charge >= 0.3 is 0 Å². The molecule has 11 fully saturated rings. The van der Waals surface area contributed by atoms with Crippen molar-refractivity contribution in [1.82, 2.24) is 0 Å². The SMILES string of the molecule is CC12C3C4C5CC6CC7C(C8C9CC%10CC%11C3C81C%10%119)C42C657. The first kappa shape index (κ1) is 8.74. The van der Waals surface area contributed by atoms with Crippen molar-refractivity contribution >= 4 is 0 Å². The van der Waals surface area contributed by atoms with Crippen molar-refractivity contribution in [3.63, 3.8) is 0 Å². The molecule has 0 N–H and O–H groups in total. The van der Waals surface area contributed by atoms with Gasteiger partial charge in [0.05, 0.1) is 0 Å². The van der Waals surface area contributed by atoms with Gasteiger partial charge in [0.2, 0.25) is 0 Å². The van der Waals surface area contributed by atoms with E-state index < -0.39 is 0 Å². The second-order valence-electron chi connectivity index (χ2n) is 12.2. The molecular formula is C21H22. The Balaban J connectivity index is 1.33. The Morgan fingerprint density at radius 3 is 1.33 bits per heavy atom. The summed E-state index contributed by atoms with van der Waals surface area (Å²) in [6.45, 7) is 2.90. The lowest BCUT2D eigenvalue weighted by molar-refractivity contribution is -0.652. The van der Waals surface area contributed by atoms with E-state index in [2.05, 4.69) is 6.92 Å². The molecule has 14 atom stereocenters. The lowest BCUT2D eigenvalue weighted by Gasteiger charge is -3.11. The minimum atomic E-state index is 0.933. The predicted molar refractivity (Wildman–Crippen MR) is 74.7 cm³/mol. The van der Waals surface area contributed by atoms with E-state index in [1.807, 2.05) is 0 Å². The molecule has 11 aliphatic rings. The molecule has 0 aromatic carbocycles. The first-order valence-electron chi connectivity index (χ1n) is 10.3. The molecule has 0 nitrogen and oxygen atoms in total. The van der Waals surface area contributed by atoms with Crippen LogP contribution in [-0.2, 0) is 0 Å². The van der Waals surface area contributed by atoms with Crippen LogP contribution in [0.1, 0.15) is 32.6 Å². The normalized spacial score (nSPS) is 107. The van der Waals surface area contributed by atoms with Crippen LogP contribution >= 0.6 is 0 Å². The zero-order valence-electron chi connectivity index (χ0n) is 12.7. The fourth-order valence-electron chi connectivity index (χ4n) is 16.3. The molecule has 11 aliphatic carbocycles. The Kier molecular flexibility index (Phi) is 0.669. The largest absolute Gasteiger partial charge is 0.0582 e. The third-order valence-electron chi connectivity index (χ3n) is 14.8. The van der Waals surface area contributed by atoms with Gasteiger partial charge in [-0.05, 0) is 118 Å². The van der Waals surface area contributed by atoms with Gasteiger partial charge in [0, 0.05) is 0 Å². The summed E-state index contributed by atoms with van der Waals surface area (Å²) < 4.78 is 0. The molecule has 11 rings (SSSR count). The van der Waals surface area contributed by atoms with Gasteiger partial charge in [-0.3, -0.25) is 0 Å². The lowest BCUT2D eigenvalue weighted by Crippen LogP contribution is -3.08. The molecule has 106 valence electrons. The lowest BCUT2D eigenvalue weighted by atomic mass is 8.92. The quantitative estimate of drug-likeness (QED) is 0.635. The summed E-state index contributed by atoms with van der Waals surface area (Å²) in [5, 5.41) is 0. The van der Waals surface area contributed by atoms with Crippen molar-refractivity contribution in [3.8, 4) is 0 Å². The van der Waals surface area contributed by atoms with Gasteiger partial charge in [-0.2, -0.15) is 0 Å². The molecule has 0 bridgehead atoms. The van der Waals surface area contributed by atoms with E-state index in [9.17, 15) is 0 Å². The van der Waals surface area contributed by atoms with Gasteiger partial charge < -0.3 is 0 Å². The number of fused-ring (bicyclic) bond motifs is 7. The van der Waals surface area contributed by atoms with Crippen LogP contribution in [0.4, 0.5) is 0 Å². The zero-order chi connectivity index (χ0) is 12.7. The van der Waals surface area contributed by atoms with E-state index in [1.165, 1.54) is 65.1 Å².